The molecule has 0 aliphatic carbocycles. The zero-order chi connectivity index (χ0) is 18.8. The Balaban J connectivity index is 0.000000948. The van der Waals surface area contributed by atoms with Crippen LogP contribution in [-0.2, 0) is 14.1 Å². The van der Waals surface area contributed by atoms with Gasteiger partial charge in [-0.15, -0.1) is 0 Å². The van der Waals surface area contributed by atoms with Gasteiger partial charge in [0.15, 0.2) is 0 Å². The summed E-state index contributed by atoms with van der Waals surface area (Å²) in [6.45, 7) is 4.00. The molecule has 134 valence electrons. The first kappa shape index (κ1) is 17.7. The van der Waals surface area contributed by atoms with E-state index >= 15 is 0 Å². The van der Waals surface area contributed by atoms with Crippen molar-refractivity contribution < 1.29 is 9.53 Å². The van der Waals surface area contributed by atoms with Crippen LogP contribution in [0.5, 0.6) is 5.75 Å². The highest BCUT2D eigenvalue weighted by Gasteiger charge is 2.17. The predicted molar refractivity (Wildman–Crippen MR) is 106 cm³/mol. The normalized spacial score (nSPS) is 10.7. The number of ether oxygens (including phenoxy) is 1. The molecule has 0 amide bonds. The van der Waals surface area contributed by atoms with E-state index in [4.69, 9.17) is 4.74 Å². The van der Waals surface area contributed by atoms with Gasteiger partial charge in [0, 0.05) is 48.4 Å². The van der Waals surface area contributed by atoms with Crippen LogP contribution in [0.4, 0.5) is 0 Å². The number of aryl methyl sites for hydroxylation is 2. The zero-order valence-electron chi connectivity index (χ0n) is 15.8. The van der Waals surface area contributed by atoms with Crippen molar-refractivity contribution in [2.24, 2.45) is 14.1 Å². The molecule has 2 aromatic heterocycles. The number of aromatic nitrogens is 3. The van der Waals surface area contributed by atoms with E-state index in [1.807, 2.05) is 61.6 Å². The van der Waals surface area contributed by atoms with E-state index in [0.717, 1.165) is 39.2 Å². The van der Waals surface area contributed by atoms with Gasteiger partial charge < -0.3 is 9.30 Å². The highest BCUT2D eigenvalue weighted by molar-refractivity contribution is 6.08. The maximum absolute atomic E-state index is 11.2. The lowest BCUT2D eigenvalue weighted by molar-refractivity contribution is 0.112. The second-order valence-corrected chi connectivity index (χ2v) is 5.93. The molecule has 0 fully saturated rings. The van der Waals surface area contributed by atoms with Crippen LogP contribution in [0.15, 0.2) is 42.7 Å². The number of methoxy groups -OCH3 is 1. The molecule has 2 heterocycles. The Bertz CT molecular complexity index is 1090. The first-order chi connectivity index (χ1) is 12.6. The predicted octanol–water partition coefficient (Wildman–Crippen LogP) is 4.58. The molecule has 0 spiro atoms. The summed E-state index contributed by atoms with van der Waals surface area (Å²) in [6, 6.07) is 9.77. The molecular formula is C21H23N3O2. The highest BCUT2D eigenvalue weighted by Crippen LogP contribution is 2.39. The molecule has 4 rings (SSSR count). The third kappa shape index (κ3) is 2.75. The molecule has 0 unspecified atom stereocenters. The van der Waals surface area contributed by atoms with Crippen molar-refractivity contribution in [1.82, 2.24) is 14.3 Å². The van der Waals surface area contributed by atoms with E-state index in [1.54, 1.807) is 13.2 Å². The summed E-state index contributed by atoms with van der Waals surface area (Å²) < 4.78 is 9.41. The molecule has 2 aromatic carbocycles. The standard InChI is InChI=1S/C19H17N3O2.C2H6/c1-21-9-15(13-5-4-6-16-14(13)10-22(2)20-16)19-17(21)7-12(11-23)8-18(19)24-3;1-2/h4-11H,1-3H3;1-2H3. The number of hydrogen-bond donors (Lipinski definition) is 0. The molecular weight excluding hydrogens is 326 g/mol. The Kier molecular flexibility index (Phi) is 4.80. The Hall–Kier alpha value is -3.08. The lowest BCUT2D eigenvalue weighted by Gasteiger charge is -2.07. The summed E-state index contributed by atoms with van der Waals surface area (Å²) >= 11 is 0. The van der Waals surface area contributed by atoms with Crippen LogP contribution in [0, 0.1) is 0 Å². The summed E-state index contributed by atoms with van der Waals surface area (Å²) in [4.78, 5) is 11.2. The fourth-order valence-electron chi connectivity index (χ4n) is 3.33. The largest absolute Gasteiger partial charge is 0.496 e. The molecule has 5 nitrogen and oxygen atoms in total. The van der Waals surface area contributed by atoms with Crippen LogP contribution < -0.4 is 4.74 Å². The van der Waals surface area contributed by atoms with Crippen molar-refractivity contribution >= 4 is 28.1 Å². The molecule has 0 saturated carbocycles. The number of hydrogen-bond acceptors (Lipinski definition) is 3. The van der Waals surface area contributed by atoms with Gasteiger partial charge in [-0.3, -0.25) is 9.48 Å². The smallest absolute Gasteiger partial charge is 0.150 e. The Morgan fingerprint density at radius 3 is 2.54 bits per heavy atom. The van der Waals surface area contributed by atoms with Crippen LogP contribution in [0.2, 0.25) is 0 Å². The zero-order valence-corrected chi connectivity index (χ0v) is 15.8. The van der Waals surface area contributed by atoms with Crippen molar-refractivity contribution in [3.05, 3.63) is 48.3 Å². The minimum Gasteiger partial charge on any atom is -0.496 e. The summed E-state index contributed by atoms with van der Waals surface area (Å²) in [7, 11) is 5.53. The number of fused-ring (bicyclic) bond motifs is 2. The minimum absolute atomic E-state index is 0.603. The van der Waals surface area contributed by atoms with Crippen LogP contribution >= 0.6 is 0 Å². The second-order valence-electron chi connectivity index (χ2n) is 5.93. The van der Waals surface area contributed by atoms with Gasteiger partial charge in [0.2, 0.25) is 0 Å². The van der Waals surface area contributed by atoms with Crippen LogP contribution in [0.1, 0.15) is 24.2 Å². The molecule has 26 heavy (non-hydrogen) atoms. The molecule has 0 radical (unpaired) electrons. The van der Waals surface area contributed by atoms with E-state index in [0.29, 0.717) is 11.3 Å². The van der Waals surface area contributed by atoms with Crippen molar-refractivity contribution in [1.29, 1.82) is 0 Å². The summed E-state index contributed by atoms with van der Waals surface area (Å²) in [5, 5.41) is 6.58. The number of benzene rings is 2. The van der Waals surface area contributed by atoms with Gasteiger partial charge in [0.1, 0.15) is 12.0 Å². The number of carbonyl (C=O) groups excluding carboxylic acids is 1. The molecule has 0 aliphatic heterocycles. The maximum atomic E-state index is 11.2. The minimum atomic E-state index is 0.603. The third-order valence-corrected chi connectivity index (χ3v) is 4.39. The Labute approximate surface area is 152 Å². The molecule has 4 aromatic rings. The lowest BCUT2D eigenvalue weighted by Crippen LogP contribution is -1.90. The van der Waals surface area contributed by atoms with Crippen LogP contribution in [0.3, 0.4) is 0 Å². The number of nitrogens with zero attached hydrogens (tertiary/aromatic N) is 3. The van der Waals surface area contributed by atoms with Crippen LogP contribution in [0.25, 0.3) is 32.9 Å². The molecule has 0 atom stereocenters. The molecule has 0 bridgehead atoms. The number of rotatable bonds is 3. The van der Waals surface area contributed by atoms with E-state index in [2.05, 4.69) is 17.4 Å². The van der Waals surface area contributed by atoms with Crippen molar-refractivity contribution in [2.45, 2.75) is 13.8 Å². The molecule has 0 aliphatic rings. The van der Waals surface area contributed by atoms with Gasteiger partial charge in [-0.25, -0.2) is 0 Å². The first-order valence-corrected chi connectivity index (χ1v) is 8.67. The van der Waals surface area contributed by atoms with E-state index < -0.39 is 0 Å². The number of aldehydes is 1. The Morgan fingerprint density at radius 2 is 1.85 bits per heavy atom. The fourth-order valence-corrected chi connectivity index (χ4v) is 3.33. The topological polar surface area (TPSA) is 49.0 Å². The van der Waals surface area contributed by atoms with Crippen molar-refractivity contribution in [2.75, 3.05) is 7.11 Å². The summed E-state index contributed by atoms with van der Waals surface area (Å²) in [5.74, 6) is 0.700. The lowest BCUT2D eigenvalue weighted by atomic mass is 10.00. The molecule has 0 N–H and O–H groups in total. The van der Waals surface area contributed by atoms with Gasteiger partial charge in [-0.05, 0) is 23.8 Å². The molecule has 5 heteroatoms. The SMILES string of the molecule is CC.COc1cc(C=O)cc2c1c(-c1cccc3nn(C)cc13)cn2C. The van der Waals surface area contributed by atoms with Gasteiger partial charge in [-0.1, -0.05) is 26.0 Å². The van der Waals surface area contributed by atoms with Gasteiger partial charge in [0.05, 0.1) is 18.1 Å². The monoisotopic (exact) mass is 349 g/mol. The quantitative estimate of drug-likeness (QED) is 0.509. The van der Waals surface area contributed by atoms with Gasteiger partial charge in [-0.2, -0.15) is 5.10 Å². The van der Waals surface area contributed by atoms with Gasteiger partial charge >= 0.3 is 0 Å². The Morgan fingerprint density at radius 1 is 1.08 bits per heavy atom. The van der Waals surface area contributed by atoms with Crippen molar-refractivity contribution in [3.8, 4) is 16.9 Å². The van der Waals surface area contributed by atoms with Crippen LogP contribution in [-0.4, -0.2) is 27.7 Å². The average Bonchev–Trinajstić information content (AvgIpc) is 3.21. The average molecular weight is 349 g/mol. The summed E-state index contributed by atoms with van der Waals surface area (Å²) in [6.07, 6.45) is 4.94. The third-order valence-electron chi connectivity index (χ3n) is 4.39. The van der Waals surface area contributed by atoms with Crippen molar-refractivity contribution in [3.63, 3.8) is 0 Å². The second kappa shape index (κ2) is 7.04. The first-order valence-electron chi connectivity index (χ1n) is 8.67. The summed E-state index contributed by atoms with van der Waals surface area (Å²) in [5.41, 5.74) is 4.69. The van der Waals surface area contributed by atoms with E-state index in [-0.39, 0.29) is 0 Å². The fraction of sp³-hybridized carbons (Fsp3) is 0.238. The highest BCUT2D eigenvalue weighted by atomic mass is 16.5. The molecule has 0 saturated heterocycles. The van der Waals surface area contributed by atoms with E-state index in [9.17, 15) is 4.79 Å². The van der Waals surface area contributed by atoms with E-state index in [1.165, 1.54) is 0 Å². The van der Waals surface area contributed by atoms with Gasteiger partial charge in [0.25, 0.3) is 0 Å². The number of carbonyl (C=O) groups is 1. The maximum Gasteiger partial charge on any atom is 0.150 e.